The second-order valence-corrected chi connectivity index (χ2v) is 5.52. The molecule has 3 N–H and O–H groups in total. The van der Waals surface area contributed by atoms with Gasteiger partial charge in [-0.2, -0.15) is 5.26 Å². The molecule has 1 saturated carbocycles. The van der Waals surface area contributed by atoms with Gasteiger partial charge in [-0.1, -0.05) is 31.5 Å². The lowest BCUT2D eigenvalue weighted by atomic mass is 9.57. The molecule has 0 bridgehead atoms. The first kappa shape index (κ1) is 13.0. The van der Waals surface area contributed by atoms with Gasteiger partial charge in [0.05, 0.1) is 17.0 Å². The molecule has 96 valence electrons. The second kappa shape index (κ2) is 4.65. The van der Waals surface area contributed by atoms with E-state index in [4.69, 9.17) is 18.0 Å². The highest BCUT2D eigenvalue weighted by Gasteiger charge is 2.56. The quantitative estimate of drug-likeness (QED) is 0.535. The molecule has 2 fully saturated rings. The van der Waals surface area contributed by atoms with Crippen LogP contribution in [0.15, 0.2) is 0 Å². The van der Waals surface area contributed by atoms with Crippen molar-refractivity contribution in [2.75, 3.05) is 0 Å². The predicted octanol–water partition coefficient (Wildman–Crippen LogP) is 0.635. The summed E-state index contributed by atoms with van der Waals surface area (Å²) in [5, 5.41) is 11.5. The summed E-state index contributed by atoms with van der Waals surface area (Å²) < 4.78 is 0. The number of nitrogens with zero attached hydrogens (tertiary/aromatic N) is 1. The number of carbonyl (C=O) groups excluding carboxylic acids is 2. The number of imide groups is 1. The number of carbonyl (C=O) groups is 2. The summed E-state index contributed by atoms with van der Waals surface area (Å²) in [5.41, 5.74) is 4.99. The van der Waals surface area contributed by atoms with Crippen LogP contribution < -0.4 is 11.1 Å². The fourth-order valence-corrected chi connectivity index (χ4v) is 3.68. The Morgan fingerprint density at radius 3 is 2.44 bits per heavy atom. The number of nitriles is 1. The average molecular weight is 265 g/mol. The molecule has 18 heavy (non-hydrogen) atoms. The number of hydrogen-bond donors (Lipinski definition) is 2. The van der Waals surface area contributed by atoms with Gasteiger partial charge in [-0.05, 0) is 12.8 Å². The Morgan fingerprint density at radius 1 is 1.33 bits per heavy atom. The molecular weight excluding hydrogens is 250 g/mol. The molecule has 2 aliphatic rings. The van der Waals surface area contributed by atoms with Crippen LogP contribution in [0.3, 0.4) is 0 Å². The van der Waals surface area contributed by atoms with Crippen molar-refractivity contribution in [2.24, 2.45) is 23.0 Å². The predicted molar refractivity (Wildman–Crippen MR) is 68.0 cm³/mol. The highest BCUT2D eigenvalue weighted by Crippen LogP contribution is 2.50. The zero-order valence-corrected chi connectivity index (χ0v) is 10.8. The third kappa shape index (κ3) is 1.79. The van der Waals surface area contributed by atoms with Gasteiger partial charge in [-0.3, -0.25) is 14.9 Å². The van der Waals surface area contributed by atoms with Gasteiger partial charge in [0.1, 0.15) is 5.92 Å². The summed E-state index contributed by atoms with van der Waals surface area (Å²) in [4.78, 5) is 23.9. The normalized spacial score (nSPS) is 30.6. The maximum absolute atomic E-state index is 12.0. The minimum atomic E-state index is -0.831. The van der Waals surface area contributed by atoms with Gasteiger partial charge in [0, 0.05) is 5.41 Å². The highest BCUT2D eigenvalue weighted by atomic mass is 32.1. The molecule has 2 amide bonds. The molecular formula is C12H15N3O2S. The molecule has 1 saturated heterocycles. The maximum Gasteiger partial charge on any atom is 0.244 e. The Balaban J connectivity index is 2.49. The lowest BCUT2D eigenvalue weighted by molar-refractivity contribution is -0.146. The van der Waals surface area contributed by atoms with Gasteiger partial charge in [-0.15, -0.1) is 0 Å². The van der Waals surface area contributed by atoms with Crippen molar-refractivity contribution >= 4 is 29.0 Å². The summed E-state index contributed by atoms with van der Waals surface area (Å²) >= 11 is 4.98. The Kier molecular flexibility index (Phi) is 3.35. The second-order valence-electron chi connectivity index (χ2n) is 5.04. The number of thiocarbonyl (C=S) groups is 1. The Bertz CT molecular complexity index is 449. The molecule has 0 aromatic heterocycles. The molecule has 2 atom stereocenters. The van der Waals surface area contributed by atoms with Crippen molar-refractivity contribution in [1.29, 1.82) is 5.26 Å². The van der Waals surface area contributed by atoms with Gasteiger partial charge >= 0.3 is 0 Å². The van der Waals surface area contributed by atoms with Crippen LogP contribution in [0, 0.1) is 28.6 Å². The van der Waals surface area contributed by atoms with E-state index in [0.717, 1.165) is 19.3 Å². The summed E-state index contributed by atoms with van der Waals surface area (Å²) in [6.07, 6.45) is 4.17. The Morgan fingerprint density at radius 2 is 1.94 bits per heavy atom. The molecule has 0 radical (unpaired) electrons. The molecule has 2 unspecified atom stereocenters. The van der Waals surface area contributed by atoms with Crippen LogP contribution in [0.25, 0.3) is 0 Å². The molecule has 6 heteroatoms. The maximum atomic E-state index is 12.0. The van der Waals surface area contributed by atoms with E-state index in [9.17, 15) is 14.9 Å². The summed E-state index contributed by atoms with van der Waals surface area (Å²) in [6, 6.07) is 2.04. The van der Waals surface area contributed by atoms with Crippen molar-refractivity contribution in [3.8, 4) is 6.07 Å². The number of piperidine rings is 1. The number of nitrogens with two attached hydrogens (primary N) is 1. The summed E-state index contributed by atoms with van der Waals surface area (Å²) in [5.74, 6) is -2.48. The molecule has 5 nitrogen and oxygen atoms in total. The molecule has 2 rings (SSSR count). The third-order valence-corrected chi connectivity index (χ3v) is 4.35. The van der Waals surface area contributed by atoms with Crippen LogP contribution in [0.5, 0.6) is 0 Å². The Labute approximate surface area is 111 Å². The SMILES string of the molecule is N#CC1C(=O)NC(=O)C(C(N)=S)C12CCCCC2. The van der Waals surface area contributed by atoms with Crippen LogP contribution in [0.4, 0.5) is 0 Å². The van der Waals surface area contributed by atoms with Crippen molar-refractivity contribution in [3.05, 3.63) is 0 Å². The average Bonchev–Trinajstić information content (AvgIpc) is 2.29. The van der Waals surface area contributed by atoms with Crippen LogP contribution >= 0.6 is 12.2 Å². The fourth-order valence-electron chi connectivity index (χ4n) is 3.34. The van der Waals surface area contributed by atoms with E-state index in [-0.39, 0.29) is 4.99 Å². The molecule has 1 heterocycles. The number of hydrogen-bond acceptors (Lipinski definition) is 4. The zero-order valence-electron chi connectivity index (χ0n) is 9.94. The first-order valence-electron chi connectivity index (χ1n) is 6.06. The van der Waals surface area contributed by atoms with Crippen LogP contribution in [0.1, 0.15) is 32.1 Å². The van der Waals surface area contributed by atoms with Crippen LogP contribution in [-0.4, -0.2) is 16.8 Å². The standard InChI is InChI=1S/C12H15N3O2S/c13-6-7-10(16)15-11(17)8(9(14)18)12(7)4-2-1-3-5-12/h7-8H,1-5H2,(H2,14,18)(H,15,16,17). The lowest BCUT2D eigenvalue weighted by Crippen LogP contribution is -2.61. The van der Waals surface area contributed by atoms with Gasteiger partial charge < -0.3 is 5.73 Å². The van der Waals surface area contributed by atoms with Crippen molar-refractivity contribution < 1.29 is 9.59 Å². The number of rotatable bonds is 1. The monoisotopic (exact) mass is 265 g/mol. The molecule has 1 aliphatic carbocycles. The van der Waals surface area contributed by atoms with Crippen molar-refractivity contribution in [1.82, 2.24) is 5.32 Å². The van der Waals surface area contributed by atoms with Gasteiger partial charge in [-0.25, -0.2) is 0 Å². The molecule has 1 spiro atoms. The fraction of sp³-hybridized carbons (Fsp3) is 0.667. The van der Waals surface area contributed by atoms with Crippen LogP contribution in [-0.2, 0) is 9.59 Å². The third-order valence-electron chi connectivity index (χ3n) is 4.12. The summed E-state index contributed by atoms with van der Waals surface area (Å²) in [6.45, 7) is 0. The van der Waals surface area contributed by atoms with Gasteiger partial charge in [0.2, 0.25) is 11.8 Å². The van der Waals surface area contributed by atoms with Crippen molar-refractivity contribution in [3.63, 3.8) is 0 Å². The first-order chi connectivity index (χ1) is 8.53. The number of amides is 2. The minimum absolute atomic E-state index is 0.0853. The van der Waals surface area contributed by atoms with E-state index in [1.54, 1.807) is 0 Å². The van der Waals surface area contributed by atoms with E-state index < -0.39 is 29.1 Å². The topological polar surface area (TPSA) is 96.0 Å². The minimum Gasteiger partial charge on any atom is -0.393 e. The largest absolute Gasteiger partial charge is 0.393 e. The lowest BCUT2D eigenvalue weighted by Gasteiger charge is -2.47. The van der Waals surface area contributed by atoms with Crippen LogP contribution in [0.2, 0.25) is 0 Å². The van der Waals surface area contributed by atoms with E-state index >= 15 is 0 Å². The van der Waals surface area contributed by atoms with Crippen molar-refractivity contribution in [2.45, 2.75) is 32.1 Å². The van der Waals surface area contributed by atoms with E-state index in [1.165, 1.54) is 0 Å². The smallest absolute Gasteiger partial charge is 0.244 e. The van der Waals surface area contributed by atoms with Gasteiger partial charge in [0.15, 0.2) is 0 Å². The van der Waals surface area contributed by atoms with Gasteiger partial charge in [0.25, 0.3) is 0 Å². The summed E-state index contributed by atoms with van der Waals surface area (Å²) in [7, 11) is 0. The Hall–Kier alpha value is -1.48. The highest BCUT2D eigenvalue weighted by molar-refractivity contribution is 7.80. The zero-order chi connectivity index (χ0) is 13.3. The molecule has 0 aromatic rings. The van der Waals surface area contributed by atoms with E-state index in [0.29, 0.717) is 12.8 Å². The van der Waals surface area contributed by atoms with E-state index in [2.05, 4.69) is 5.32 Å². The molecule has 1 aliphatic heterocycles. The first-order valence-corrected chi connectivity index (χ1v) is 6.47. The van der Waals surface area contributed by atoms with E-state index in [1.807, 2.05) is 6.07 Å². The molecule has 0 aromatic carbocycles. The number of nitrogens with one attached hydrogen (secondary N) is 1.